The number of hydrogen-bond acceptors (Lipinski definition) is 3. The Morgan fingerprint density at radius 1 is 1.10 bits per heavy atom. The van der Waals surface area contributed by atoms with Crippen LogP contribution < -0.4 is 16.0 Å². The van der Waals surface area contributed by atoms with Crippen LogP contribution in [0.15, 0.2) is 40.9 Å². The van der Waals surface area contributed by atoms with E-state index in [1.807, 2.05) is 30.3 Å². The van der Waals surface area contributed by atoms with E-state index in [-0.39, 0.29) is 6.04 Å². The molecule has 6 heteroatoms. The predicted molar refractivity (Wildman–Crippen MR) is 86.3 cm³/mol. The Morgan fingerprint density at radius 3 is 2.35 bits per heavy atom. The monoisotopic (exact) mass is 374 g/mol. The molecule has 0 spiro atoms. The highest BCUT2D eigenvalue weighted by Crippen LogP contribution is 2.35. The second kappa shape index (κ2) is 6.78. The SMILES string of the molecule is COc1ccc(Cl)cc1C(NN)c1ccc(Cl)cc1Br. The van der Waals surface area contributed by atoms with E-state index in [0.717, 1.165) is 15.6 Å². The van der Waals surface area contributed by atoms with E-state index in [4.69, 9.17) is 33.8 Å². The summed E-state index contributed by atoms with van der Waals surface area (Å²) < 4.78 is 6.23. The largest absolute Gasteiger partial charge is 0.496 e. The maximum absolute atomic E-state index is 6.07. The molecular formula is C14H13BrCl2N2O. The average molecular weight is 376 g/mol. The maximum Gasteiger partial charge on any atom is 0.124 e. The first-order valence-electron chi connectivity index (χ1n) is 5.81. The van der Waals surface area contributed by atoms with Crippen molar-refractivity contribution in [2.45, 2.75) is 6.04 Å². The van der Waals surface area contributed by atoms with E-state index < -0.39 is 0 Å². The minimum atomic E-state index is -0.268. The van der Waals surface area contributed by atoms with Crippen molar-refractivity contribution in [2.75, 3.05) is 7.11 Å². The van der Waals surface area contributed by atoms with Crippen LogP contribution in [0.2, 0.25) is 10.0 Å². The summed E-state index contributed by atoms with van der Waals surface area (Å²) in [6.45, 7) is 0. The molecule has 0 amide bonds. The smallest absolute Gasteiger partial charge is 0.124 e. The van der Waals surface area contributed by atoms with Crippen molar-refractivity contribution in [1.82, 2.24) is 5.43 Å². The summed E-state index contributed by atoms with van der Waals surface area (Å²) >= 11 is 15.5. The Hall–Kier alpha value is -0.780. The number of hydrogen-bond donors (Lipinski definition) is 2. The van der Waals surface area contributed by atoms with Gasteiger partial charge < -0.3 is 4.74 Å². The van der Waals surface area contributed by atoms with Crippen molar-refractivity contribution in [3.05, 3.63) is 62.0 Å². The van der Waals surface area contributed by atoms with Gasteiger partial charge in [-0.2, -0.15) is 0 Å². The minimum Gasteiger partial charge on any atom is -0.496 e. The summed E-state index contributed by atoms with van der Waals surface area (Å²) in [5.41, 5.74) is 4.58. The highest BCUT2D eigenvalue weighted by molar-refractivity contribution is 9.10. The fraction of sp³-hybridized carbons (Fsp3) is 0.143. The standard InChI is InChI=1S/C14H13BrCl2N2O/c1-20-13-5-3-8(16)6-11(13)14(19-18)10-4-2-9(17)7-12(10)15/h2-7,14,19H,18H2,1H3. The third kappa shape index (κ3) is 3.27. The van der Waals surface area contributed by atoms with Crippen molar-refractivity contribution in [3.8, 4) is 5.75 Å². The predicted octanol–water partition coefficient (Wildman–Crippen LogP) is 4.32. The minimum absolute atomic E-state index is 0.268. The van der Waals surface area contributed by atoms with Crippen LogP contribution >= 0.6 is 39.1 Å². The van der Waals surface area contributed by atoms with Crippen LogP contribution in [0.1, 0.15) is 17.2 Å². The molecule has 20 heavy (non-hydrogen) atoms. The molecule has 0 aromatic heterocycles. The lowest BCUT2D eigenvalue weighted by atomic mass is 9.98. The lowest BCUT2D eigenvalue weighted by molar-refractivity contribution is 0.404. The number of nitrogens with two attached hydrogens (primary N) is 1. The number of hydrazine groups is 1. The normalized spacial score (nSPS) is 12.2. The van der Waals surface area contributed by atoms with E-state index in [2.05, 4.69) is 21.4 Å². The lowest BCUT2D eigenvalue weighted by Gasteiger charge is -2.21. The zero-order valence-electron chi connectivity index (χ0n) is 10.7. The van der Waals surface area contributed by atoms with Gasteiger partial charge in [-0.15, -0.1) is 0 Å². The molecule has 0 fully saturated rings. The van der Waals surface area contributed by atoms with Gasteiger partial charge in [-0.1, -0.05) is 45.2 Å². The van der Waals surface area contributed by atoms with Crippen LogP contribution in [-0.4, -0.2) is 7.11 Å². The molecule has 0 saturated carbocycles. The van der Waals surface area contributed by atoms with Crippen molar-refractivity contribution < 1.29 is 4.74 Å². The number of methoxy groups -OCH3 is 1. The van der Waals surface area contributed by atoms with Crippen LogP contribution in [0.25, 0.3) is 0 Å². The van der Waals surface area contributed by atoms with Crippen molar-refractivity contribution in [1.29, 1.82) is 0 Å². The highest BCUT2D eigenvalue weighted by atomic mass is 79.9. The summed E-state index contributed by atoms with van der Waals surface area (Å²) in [4.78, 5) is 0. The molecule has 0 bridgehead atoms. The van der Waals surface area contributed by atoms with Gasteiger partial charge in [0.05, 0.1) is 13.2 Å². The van der Waals surface area contributed by atoms with Gasteiger partial charge in [0.15, 0.2) is 0 Å². The summed E-state index contributed by atoms with van der Waals surface area (Å²) in [5, 5.41) is 1.26. The zero-order chi connectivity index (χ0) is 14.7. The number of ether oxygens (including phenoxy) is 1. The number of benzene rings is 2. The number of rotatable bonds is 4. The molecule has 0 radical (unpaired) electrons. The number of nitrogens with one attached hydrogen (secondary N) is 1. The van der Waals surface area contributed by atoms with Crippen LogP contribution in [0.4, 0.5) is 0 Å². The summed E-state index contributed by atoms with van der Waals surface area (Å²) in [6, 6.07) is 10.7. The van der Waals surface area contributed by atoms with Crippen LogP contribution in [0.5, 0.6) is 5.75 Å². The van der Waals surface area contributed by atoms with Crippen LogP contribution in [0, 0.1) is 0 Å². The zero-order valence-corrected chi connectivity index (χ0v) is 13.8. The van der Waals surface area contributed by atoms with E-state index in [1.54, 1.807) is 13.2 Å². The van der Waals surface area contributed by atoms with E-state index in [1.165, 1.54) is 0 Å². The Kier molecular flexibility index (Phi) is 5.29. The molecule has 0 aliphatic rings. The molecule has 2 aromatic carbocycles. The fourth-order valence-electron chi connectivity index (χ4n) is 2.01. The first kappa shape index (κ1) is 15.6. The summed E-state index contributed by atoms with van der Waals surface area (Å²) in [6.07, 6.45) is 0. The van der Waals surface area contributed by atoms with Crippen molar-refractivity contribution >= 4 is 39.1 Å². The third-order valence-electron chi connectivity index (χ3n) is 2.94. The molecule has 106 valence electrons. The molecule has 2 aromatic rings. The lowest BCUT2D eigenvalue weighted by Crippen LogP contribution is -2.29. The topological polar surface area (TPSA) is 47.3 Å². The van der Waals surface area contributed by atoms with Crippen molar-refractivity contribution in [2.24, 2.45) is 5.84 Å². The van der Waals surface area contributed by atoms with E-state index in [9.17, 15) is 0 Å². The molecule has 1 unspecified atom stereocenters. The van der Waals surface area contributed by atoms with Gasteiger partial charge in [0.25, 0.3) is 0 Å². The van der Waals surface area contributed by atoms with Gasteiger partial charge in [-0.05, 0) is 35.9 Å². The average Bonchev–Trinajstić information content (AvgIpc) is 2.42. The number of halogens is 3. The van der Waals surface area contributed by atoms with Gasteiger partial charge >= 0.3 is 0 Å². The molecular weight excluding hydrogens is 363 g/mol. The van der Waals surface area contributed by atoms with E-state index in [0.29, 0.717) is 15.8 Å². The molecule has 0 saturated heterocycles. The van der Waals surface area contributed by atoms with E-state index >= 15 is 0 Å². The second-order valence-corrected chi connectivity index (χ2v) is 5.88. The summed E-state index contributed by atoms with van der Waals surface area (Å²) in [7, 11) is 1.61. The molecule has 0 aliphatic carbocycles. The Bertz CT molecular complexity index is 622. The summed E-state index contributed by atoms with van der Waals surface area (Å²) in [5.74, 6) is 6.42. The second-order valence-electron chi connectivity index (χ2n) is 4.15. The van der Waals surface area contributed by atoms with Crippen molar-refractivity contribution in [3.63, 3.8) is 0 Å². The Balaban J connectivity index is 2.54. The van der Waals surface area contributed by atoms with Crippen LogP contribution in [0.3, 0.4) is 0 Å². The van der Waals surface area contributed by atoms with Gasteiger partial charge in [0.2, 0.25) is 0 Å². The van der Waals surface area contributed by atoms with Gasteiger partial charge in [-0.3, -0.25) is 5.84 Å². The Morgan fingerprint density at radius 2 is 1.75 bits per heavy atom. The molecule has 0 aliphatic heterocycles. The van der Waals surface area contributed by atoms with Gasteiger partial charge in [0, 0.05) is 20.1 Å². The molecule has 2 rings (SSSR count). The maximum atomic E-state index is 6.07. The Labute approximate surface area is 136 Å². The highest BCUT2D eigenvalue weighted by Gasteiger charge is 2.19. The molecule has 1 atom stereocenters. The quantitative estimate of drug-likeness (QED) is 0.618. The molecule has 3 nitrogen and oxygen atoms in total. The molecule has 3 N–H and O–H groups in total. The fourth-order valence-corrected chi connectivity index (χ4v) is 3.11. The first-order chi connectivity index (χ1) is 9.56. The third-order valence-corrected chi connectivity index (χ3v) is 4.10. The first-order valence-corrected chi connectivity index (χ1v) is 7.36. The molecule has 0 heterocycles. The van der Waals surface area contributed by atoms with Gasteiger partial charge in [0.1, 0.15) is 5.75 Å². The van der Waals surface area contributed by atoms with Crippen LogP contribution in [-0.2, 0) is 0 Å². The van der Waals surface area contributed by atoms with Gasteiger partial charge in [-0.25, -0.2) is 5.43 Å².